The Morgan fingerprint density at radius 1 is 0.829 bits per heavy atom. The first-order chi connectivity index (χ1) is 20.1. The highest BCUT2D eigenvalue weighted by Crippen LogP contribution is 2.25. The van der Waals surface area contributed by atoms with Gasteiger partial charge in [0.2, 0.25) is 5.62 Å². The van der Waals surface area contributed by atoms with Crippen LogP contribution >= 0.6 is 0 Å². The molecule has 2 aromatic rings. The largest absolute Gasteiger partial charge is 0.498 e. The van der Waals surface area contributed by atoms with Gasteiger partial charge in [0.15, 0.2) is 0 Å². The van der Waals surface area contributed by atoms with Gasteiger partial charge in [0.05, 0.1) is 23.4 Å². The van der Waals surface area contributed by atoms with Crippen LogP contribution < -0.4 is 5.62 Å². The van der Waals surface area contributed by atoms with E-state index in [9.17, 15) is 4.39 Å². The third kappa shape index (κ3) is 6.67. The molecule has 41 heavy (non-hydrogen) atoms. The zero-order valence-electron chi connectivity index (χ0n) is 24.0. The third-order valence-corrected chi connectivity index (χ3v) is 8.68. The molecule has 0 amide bonds. The standard InChI is InChI=1S/C34H42FN5O/c35-29-13-17-31(18-14-29)41-24-6-19-39-32-9-4-5-10-33(32)40(34(39)36)26-28-11-15-30(16-12-28)38-22-20-37(21-23-38)25-27-7-2-1-3-8-27/h2,4-5,7-11,13,15,17,36H,1,3,6,12,14,16,18-26H2. The highest BCUT2D eigenvalue weighted by atomic mass is 19.1. The lowest BCUT2D eigenvalue weighted by Crippen LogP contribution is -2.46. The molecule has 1 aromatic heterocycles. The number of allylic oxidation sites excluding steroid dienone is 10. The second-order valence-electron chi connectivity index (χ2n) is 11.5. The quantitative estimate of drug-likeness (QED) is 0.347. The molecular weight excluding hydrogens is 513 g/mol. The van der Waals surface area contributed by atoms with Crippen LogP contribution in [0.5, 0.6) is 0 Å². The first-order valence-corrected chi connectivity index (χ1v) is 15.3. The molecule has 4 aliphatic rings. The van der Waals surface area contributed by atoms with E-state index in [0.29, 0.717) is 31.6 Å². The summed E-state index contributed by atoms with van der Waals surface area (Å²) in [6.45, 7) is 7.54. The molecule has 1 fully saturated rings. The van der Waals surface area contributed by atoms with Crippen molar-refractivity contribution in [2.24, 2.45) is 0 Å². The molecule has 3 aliphatic carbocycles. The smallest absolute Gasteiger partial charge is 0.203 e. The van der Waals surface area contributed by atoms with Gasteiger partial charge in [-0.1, -0.05) is 36.4 Å². The van der Waals surface area contributed by atoms with Gasteiger partial charge in [-0.25, -0.2) is 4.39 Å². The number of rotatable bonds is 10. The minimum absolute atomic E-state index is 0.0847. The number of hydrogen-bond donors (Lipinski definition) is 1. The van der Waals surface area contributed by atoms with Crippen molar-refractivity contribution in [3.8, 4) is 0 Å². The van der Waals surface area contributed by atoms with E-state index >= 15 is 0 Å². The second kappa shape index (κ2) is 12.9. The maximum absolute atomic E-state index is 13.2. The predicted octanol–water partition coefficient (Wildman–Crippen LogP) is 6.36. The molecule has 1 saturated heterocycles. The number of benzene rings is 1. The van der Waals surface area contributed by atoms with Gasteiger partial charge in [0.1, 0.15) is 5.83 Å². The highest BCUT2D eigenvalue weighted by molar-refractivity contribution is 5.76. The number of halogens is 1. The summed E-state index contributed by atoms with van der Waals surface area (Å²) in [5, 5.41) is 9.02. The van der Waals surface area contributed by atoms with Crippen LogP contribution in [0.1, 0.15) is 44.9 Å². The number of nitrogens with zero attached hydrogens (tertiary/aromatic N) is 4. The molecule has 0 saturated carbocycles. The summed E-state index contributed by atoms with van der Waals surface area (Å²) >= 11 is 0. The Morgan fingerprint density at radius 3 is 2.37 bits per heavy atom. The Morgan fingerprint density at radius 2 is 1.66 bits per heavy atom. The average molecular weight is 556 g/mol. The molecule has 7 heteroatoms. The van der Waals surface area contributed by atoms with Crippen molar-refractivity contribution in [1.29, 1.82) is 5.41 Å². The molecule has 2 heterocycles. The Kier molecular flexibility index (Phi) is 8.71. The summed E-state index contributed by atoms with van der Waals surface area (Å²) in [5.74, 6) is 0.761. The molecule has 1 aliphatic heterocycles. The number of hydrogen-bond acceptors (Lipinski definition) is 4. The van der Waals surface area contributed by atoms with Crippen molar-refractivity contribution in [2.75, 3.05) is 39.3 Å². The van der Waals surface area contributed by atoms with Crippen LogP contribution in [0.2, 0.25) is 0 Å². The number of aryl methyl sites for hydroxylation is 1. The van der Waals surface area contributed by atoms with Crippen LogP contribution in [0.15, 0.2) is 95.2 Å². The molecule has 0 unspecified atom stereocenters. The molecule has 216 valence electrons. The minimum atomic E-state index is -0.0847. The van der Waals surface area contributed by atoms with Crippen LogP contribution in [-0.2, 0) is 17.8 Å². The van der Waals surface area contributed by atoms with Gasteiger partial charge >= 0.3 is 0 Å². The van der Waals surface area contributed by atoms with Gasteiger partial charge in [0.25, 0.3) is 0 Å². The van der Waals surface area contributed by atoms with E-state index in [2.05, 4.69) is 67.5 Å². The fourth-order valence-corrected chi connectivity index (χ4v) is 6.32. The lowest BCUT2D eigenvalue weighted by Gasteiger charge is -2.38. The molecule has 0 radical (unpaired) electrons. The molecule has 0 spiro atoms. The van der Waals surface area contributed by atoms with E-state index < -0.39 is 0 Å². The number of nitrogens with one attached hydrogen (secondary N) is 1. The lowest BCUT2D eigenvalue weighted by molar-refractivity contribution is 0.166. The Hall–Kier alpha value is -3.58. The SMILES string of the molecule is N=c1n(CCCOC2=CC=C(F)CC2)c2ccccc2n1CC1=CC=C(N2CCN(CC3=CCCC=C3)CC2)CC1. The number of piperazine rings is 1. The van der Waals surface area contributed by atoms with E-state index in [4.69, 9.17) is 10.1 Å². The first kappa shape index (κ1) is 27.6. The van der Waals surface area contributed by atoms with E-state index in [1.165, 1.54) is 35.8 Å². The summed E-state index contributed by atoms with van der Waals surface area (Å²) in [7, 11) is 0. The van der Waals surface area contributed by atoms with E-state index in [1.54, 1.807) is 6.08 Å². The van der Waals surface area contributed by atoms with Crippen LogP contribution in [-0.4, -0.2) is 58.3 Å². The van der Waals surface area contributed by atoms with Crippen molar-refractivity contribution >= 4 is 11.0 Å². The van der Waals surface area contributed by atoms with Gasteiger partial charge in [0, 0.05) is 64.4 Å². The number of ether oxygens (including phenoxy) is 1. The fourth-order valence-electron chi connectivity index (χ4n) is 6.32. The van der Waals surface area contributed by atoms with Crippen molar-refractivity contribution in [1.82, 2.24) is 18.9 Å². The minimum Gasteiger partial charge on any atom is -0.498 e. The van der Waals surface area contributed by atoms with Gasteiger partial charge in [-0.3, -0.25) is 10.3 Å². The summed E-state index contributed by atoms with van der Waals surface area (Å²) in [4.78, 5) is 5.16. The Bertz CT molecular complexity index is 1490. The summed E-state index contributed by atoms with van der Waals surface area (Å²) in [6, 6.07) is 8.33. The Labute approximate surface area is 242 Å². The van der Waals surface area contributed by atoms with Gasteiger partial charge < -0.3 is 18.8 Å². The molecular formula is C34H42FN5O. The van der Waals surface area contributed by atoms with Gasteiger partial charge in [-0.15, -0.1) is 0 Å². The second-order valence-corrected chi connectivity index (χ2v) is 11.5. The maximum Gasteiger partial charge on any atom is 0.203 e. The van der Waals surface area contributed by atoms with Crippen molar-refractivity contribution in [3.05, 3.63) is 101 Å². The molecule has 1 aromatic carbocycles. The molecule has 6 rings (SSSR count). The topological polar surface area (TPSA) is 49.4 Å². The van der Waals surface area contributed by atoms with Crippen LogP contribution in [0, 0.1) is 5.41 Å². The number of para-hydroxylation sites is 2. The monoisotopic (exact) mass is 555 g/mol. The average Bonchev–Trinajstić information content (AvgIpc) is 3.27. The van der Waals surface area contributed by atoms with E-state index in [0.717, 1.165) is 75.3 Å². The molecule has 1 N–H and O–H groups in total. The number of fused-ring (bicyclic) bond motifs is 1. The highest BCUT2D eigenvalue weighted by Gasteiger charge is 2.21. The fraction of sp³-hybridized carbons (Fsp3) is 0.441. The van der Waals surface area contributed by atoms with Crippen LogP contribution in [0.4, 0.5) is 4.39 Å². The molecule has 6 nitrogen and oxygen atoms in total. The molecule has 0 bridgehead atoms. The normalized spacial score (nSPS) is 19.9. The predicted molar refractivity (Wildman–Crippen MR) is 163 cm³/mol. The number of aromatic nitrogens is 2. The van der Waals surface area contributed by atoms with Crippen molar-refractivity contribution < 1.29 is 9.13 Å². The van der Waals surface area contributed by atoms with Crippen LogP contribution in [0.25, 0.3) is 11.0 Å². The zero-order chi connectivity index (χ0) is 28.0. The number of imidazole rings is 1. The third-order valence-electron chi connectivity index (χ3n) is 8.68. The van der Waals surface area contributed by atoms with Crippen molar-refractivity contribution in [2.45, 2.75) is 58.0 Å². The first-order valence-electron chi connectivity index (χ1n) is 15.3. The Balaban J connectivity index is 1.06. The van der Waals surface area contributed by atoms with E-state index in [-0.39, 0.29) is 5.83 Å². The van der Waals surface area contributed by atoms with Gasteiger partial charge in [-0.05, 0) is 73.6 Å². The van der Waals surface area contributed by atoms with Crippen LogP contribution in [0.3, 0.4) is 0 Å². The zero-order valence-corrected chi connectivity index (χ0v) is 24.0. The summed E-state index contributed by atoms with van der Waals surface area (Å²) in [6.07, 6.45) is 21.2. The molecule has 0 atom stereocenters. The lowest BCUT2D eigenvalue weighted by atomic mass is 10.0. The van der Waals surface area contributed by atoms with Crippen molar-refractivity contribution in [3.63, 3.8) is 0 Å². The van der Waals surface area contributed by atoms with E-state index in [1.807, 2.05) is 6.07 Å². The summed E-state index contributed by atoms with van der Waals surface area (Å²) < 4.78 is 23.3. The van der Waals surface area contributed by atoms with Gasteiger partial charge in [-0.2, -0.15) is 0 Å². The maximum atomic E-state index is 13.2. The summed E-state index contributed by atoms with van der Waals surface area (Å²) in [5.41, 5.74) is 7.02.